The molecule has 0 aromatic heterocycles. The van der Waals surface area contributed by atoms with E-state index in [9.17, 15) is 4.79 Å². The van der Waals surface area contributed by atoms with Crippen molar-refractivity contribution in [1.82, 2.24) is 10.2 Å². The van der Waals surface area contributed by atoms with Crippen molar-refractivity contribution >= 4 is 5.91 Å². The van der Waals surface area contributed by atoms with Gasteiger partial charge >= 0.3 is 0 Å². The molecule has 1 aliphatic heterocycles. The predicted molar refractivity (Wildman–Crippen MR) is 108 cm³/mol. The number of amides is 1. The van der Waals surface area contributed by atoms with E-state index in [2.05, 4.69) is 41.4 Å². The zero-order chi connectivity index (χ0) is 19.9. The molecule has 2 aromatic carbocycles. The highest BCUT2D eigenvalue weighted by Gasteiger charge is 2.23. The van der Waals surface area contributed by atoms with E-state index < -0.39 is 0 Å². The summed E-state index contributed by atoms with van der Waals surface area (Å²) in [7, 11) is 3.14. The number of ether oxygens (including phenoxy) is 3. The number of hydrogen-bond acceptors (Lipinski definition) is 5. The van der Waals surface area contributed by atoms with Crippen LogP contribution in [0.5, 0.6) is 11.5 Å². The molecule has 150 valence electrons. The average Bonchev–Trinajstić information content (AvgIpc) is 2.74. The Labute approximate surface area is 166 Å². The Bertz CT molecular complexity index is 803. The molecule has 1 atom stereocenters. The molecule has 1 aliphatic rings. The number of aryl methyl sites for hydroxylation is 1. The summed E-state index contributed by atoms with van der Waals surface area (Å²) in [5.74, 6) is 1.01. The Hall–Kier alpha value is -2.57. The van der Waals surface area contributed by atoms with Gasteiger partial charge in [-0.1, -0.05) is 29.8 Å². The van der Waals surface area contributed by atoms with Crippen LogP contribution in [0.4, 0.5) is 0 Å². The Kier molecular flexibility index (Phi) is 6.90. The summed E-state index contributed by atoms with van der Waals surface area (Å²) < 4.78 is 16.0. The Morgan fingerprint density at radius 2 is 1.86 bits per heavy atom. The van der Waals surface area contributed by atoms with Crippen molar-refractivity contribution in [1.29, 1.82) is 0 Å². The van der Waals surface area contributed by atoms with Gasteiger partial charge < -0.3 is 19.5 Å². The molecular formula is C22H28N2O4. The van der Waals surface area contributed by atoms with Crippen molar-refractivity contribution in [3.8, 4) is 11.5 Å². The van der Waals surface area contributed by atoms with Crippen molar-refractivity contribution in [3.63, 3.8) is 0 Å². The van der Waals surface area contributed by atoms with Gasteiger partial charge in [-0.05, 0) is 30.7 Å². The van der Waals surface area contributed by atoms with E-state index in [0.717, 1.165) is 13.1 Å². The first-order chi connectivity index (χ1) is 13.6. The summed E-state index contributed by atoms with van der Waals surface area (Å²) in [5.41, 5.74) is 2.96. The average molecular weight is 384 g/mol. The van der Waals surface area contributed by atoms with Gasteiger partial charge in [0.15, 0.2) is 11.5 Å². The van der Waals surface area contributed by atoms with Crippen LogP contribution in [0.2, 0.25) is 0 Å². The van der Waals surface area contributed by atoms with E-state index in [1.165, 1.54) is 11.1 Å². The summed E-state index contributed by atoms with van der Waals surface area (Å²) in [6.45, 7) is 5.74. The fourth-order valence-electron chi connectivity index (χ4n) is 3.49. The number of rotatable bonds is 7. The maximum atomic E-state index is 12.7. The van der Waals surface area contributed by atoms with Crippen molar-refractivity contribution in [2.24, 2.45) is 0 Å². The minimum absolute atomic E-state index is 0.105. The zero-order valence-electron chi connectivity index (χ0n) is 16.7. The molecular weight excluding hydrogens is 356 g/mol. The standard InChI is InChI=1S/C22H28N2O4/c1-16-5-4-6-17(13-16)19(24-9-11-28-12-10-24)15-23-22(25)18-7-8-20(26-2)21(14-18)27-3/h4-8,13-14,19H,9-12,15H2,1-3H3,(H,23,25). The highest BCUT2D eigenvalue weighted by molar-refractivity contribution is 5.94. The van der Waals surface area contributed by atoms with E-state index in [0.29, 0.717) is 36.8 Å². The second kappa shape index (κ2) is 9.57. The van der Waals surface area contributed by atoms with Crippen LogP contribution in [-0.4, -0.2) is 57.9 Å². The minimum atomic E-state index is -0.133. The van der Waals surface area contributed by atoms with Gasteiger partial charge in [-0.3, -0.25) is 9.69 Å². The van der Waals surface area contributed by atoms with Crippen molar-refractivity contribution in [3.05, 3.63) is 59.2 Å². The van der Waals surface area contributed by atoms with Crippen LogP contribution in [0.3, 0.4) is 0 Å². The monoisotopic (exact) mass is 384 g/mol. The van der Waals surface area contributed by atoms with Crippen molar-refractivity contribution in [2.75, 3.05) is 47.1 Å². The SMILES string of the molecule is COc1ccc(C(=O)NCC(c2cccc(C)c2)N2CCOCC2)cc1OC. The summed E-state index contributed by atoms with van der Waals surface area (Å²) >= 11 is 0. The molecule has 0 radical (unpaired) electrons. The number of nitrogens with zero attached hydrogens (tertiary/aromatic N) is 1. The topological polar surface area (TPSA) is 60.0 Å². The highest BCUT2D eigenvalue weighted by atomic mass is 16.5. The number of methoxy groups -OCH3 is 2. The van der Waals surface area contributed by atoms with Gasteiger partial charge in [0.2, 0.25) is 0 Å². The number of nitrogens with one attached hydrogen (secondary N) is 1. The third kappa shape index (κ3) is 4.82. The lowest BCUT2D eigenvalue weighted by Crippen LogP contribution is -2.43. The maximum Gasteiger partial charge on any atom is 0.251 e. The van der Waals surface area contributed by atoms with Gasteiger partial charge in [0.05, 0.1) is 33.5 Å². The second-order valence-corrected chi connectivity index (χ2v) is 6.86. The van der Waals surface area contributed by atoms with Crippen LogP contribution < -0.4 is 14.8 Å². The molecule has 1 fully saturated rings. The molecule has 0 bridgehead atoms. The third-order valence-corrected chi connectivity index (χ3v) is 5.02. The predicted octanol–water partition coefficient (Wildman–Crippen LogP) is 2.82. The summed E-state index contributed by atoms with van der Waals surface area (Å²) in [6.07, 6.45) is 0. The van der Waals surface area contributed by atoms with Crippen LogP contribution in [0, 0.1) is 6.92 Å². The molecule has 1 N–H and O–H groups in total. The minimum Gasteiger partial charge on any atom is -0.493 e. The second-order valence-electron chi connectivity index (χ2n) is 6.86. The van der Waals surface area contributed by atoms with Gasteiger partial charge in [-0.25, -0.2) is 0 Å². The molecule has 0 aliphatic carbocycles. The largest absolute Gasteiger partial charge is 0.493 e. The van der Waals surface area contributed by atoms with Crippen molar-refractivity contribution in [2.45, 2.75) is 13.0 Å². The number of hydrogen-bond donors (Lipinski definition) is 1. The molecule has 1 heterocycles. The lowest BCUT2D eigenvalue weighted by Gasteiger charge is -2.35. The summed E-state index contributed by atoms with van der Waals surface area (Å²) in [5, 5.41) is 3.09. The molecule has 3 rings (SSSR count). The number of benzene rings is 2. The van der Waals surface area contributed by atoms with Gasteiger partial charge in [-0.15, -0.1) is 0 Å². The summed E-state index contributed by atoms with van der Waals surface area (Å²) in [4.78, 5) is 15.1. The van der Waals surface area contributed by atoms with Gasteiger partial charge in [0.25, 0.3) is 5.91 Å². The fraction of sp³-hybridized carbons (Fsp3) is 0.409. The van der Waals surface area contributed by atoms with E-state index in [-0.39, 0.29) is 11.9 Å². The summed E-state index contributed by atoms with van der Waals surface area (Å²) in [6, 6.07) is 13.7. The fourth-order valence-corrected chi connectivity index (χ4v) is 3.49. The lowest BCUT2D eigenvalue weighted by molar-refractivity contribution is 0.0162. The molecule has 6 heteroatoms. The number of carbonyl (C=O) groups excluding carboxylic acids is 1. The molecule has 1 unspecified atom stereocenters. The first-order valence-electron chi connectivity index (χ1n) is 9.51. The van der Waals surface area contributed by atoms with Crippen molar-refractivity contribution < 1.29 is 19.0 Å². The van der Waals surface area contributed by atoms with Gasteiger partial charge in [0.1, 0.15) is 0 Å². The number of morpholine rings is 1. The zero-order valence-corrected chi connectivity index (χ0v) is 16.7. The molecule has 0 spiro atoms. The van der Waals surface area contributed by atoms with Crippen LogP contribution in [0.1, 0.15) is 27.5 Å². The quantitative estimate of drug-likeness (QED) is 0.795. The van der Waals surface area contributed by atoms with E-state index >= 15 is 0 Å². The third-order valence-electron chi connectivity index (χ3n) is 5.02. The van der Waals surface area contributed by atoms with Gasteiger partial charge in [0, 0.05) is 25.2 Å². The molecule has 0 saturated carbocycles. The van der Waals surface area contributed by atoms with Crippen LogP contribution in [0.15, 0.2) is 42.5 Å². The molecule has 1 amide bonds. The van der Waals surface area contributed by atoms with E-state index in [1.807, 2.05) is 0 Å². The maximum absolute atomic E-state index is 12.7. The molecule has 1 saturated heterocycles. The lowest BCUT2D eigenvalue weighted by atomic mass is 10.0. The first-order valence-corrected chi connectivity index (χ1v) is 9.51. The Balaban J connectivity index is 1.75. The molecule has 2 aromatic rings. The Morgan fingerprint density at radius 1 is 1.11 bits per heavy atom. The van der Waals surface area contributed by atoms with Crippen LogP contribution in [-0.2, 0) is 4.74 Å². The smallest absolute Gasteiger partial charge is 0.251 e. The van der Waals surface area contributed by atoms with E-state index in [1.54, 1.807) is 32.4 Å². The molecule has 28 heavy (non-hydrogen) atoms. The highest BCUT2D eigenvalue weighted by Crippen LogP contribution is 2.28. The van der Waals surface area contributed by atoms with Gasteiger partial charge in [-0.2, -0.15) is 0 Å². The van der Waals surface area contributed by atoms with Crippen LogP contribution in [0.25, 0.3) is 0 Å². The van der Waals surface area contributed by atoms with E-state index in [4.69, 9.17) is 14.2 Å². The first kappa shape index (κ1) is 20.2. The number of carbonyl (C=O) groups is 1. The normalized spacial score (nSPS) is 15.7. The molecule has 6 nitrogen and oxygen atoms in total. The van der Waals surface area contributed by atoms with Crippen LogP contribution >= 0.6 is 0 Å². The Morgan fingerprint density at radius 3 is 2.54 bits per heavy atom.